The fourth-order valence-electron chi connectivity index (χ4n) is 0.587. The third-order valence-corrected chi connectivity index (χ3v) is 2.35. The zero-order valence-corrected chi connectivity index (χ0v) is 8.50. The van der Waals surface area contributed by atoms with Gasteiger partial charge in [0.15, 0.2) is 0 Å². The van der Waals surface area contributed by atoms with Crippen LogP contribution in [0.2, 0.25) is 0 Å². The Balaban J connectivity index is 4.07. The zero-order valence-electron chi connectivity index (χ0n) is 7.68. The molecule has 2 heteroatoms. The molecular weight excluding hydrogens is 166 g/mol. The van der Waals surface area contributed by atoms with E-state index in [-0.39, 0.29) is 0 Å². The van der Waals surface area contributed by atoms with E-state index in [1.807, 2.05) is 12.5 Å². The van der Waals surface area contributed by atoms with Crippen molar-refractivity contribution in [2.45, 2.75) is 13.3 Å². The van der Waals surface area contributed by atoms with Gasteiger partial charge in [-0.2, -0.15) is 0 Å². The monoisotopic (exact) mass is 181 g/mol. The molecule has 0 saturated carbocycles. The van der Waals surface area contributed by atoms with Crippen LogP contribution in [0.3, 0.4) is 0 Å². The van der Waals surface area contributed by atoms with Gasteiger partial charge in [0.1, 0.15) is 0 Å². The van der Waals surface area contributed by atoms with Crippen LogP contribution in [0, 0.1) is 12.3 Å². The number of terminal acetylenes is 1. The standard InChI is InChI=1S/C10H15NS/c1-5-7-12-8-10(6-2)9(3)11-4/h2,8,11H,3,5,7H2,1,4H3/b10-8+. The SMILES string of the molecule is C#C/C(=C\SCCC)C(=C)NC. The topological polar surface area (TPSA) is 12.0 Å². The highest BCUT2D eigenvalue weighted by atomic mass is 32.2. The van der Waals surface area contributed by atoms with Crippen LogP contribution in [0.5, 0.6) is 0 Å². The van der Waals surface area contributed by atoms with Crippen LogP contribution in [-0.2, 0) is 0 Å². The second-order valence-corrected chi connectivity index (χ2v) is 3.25. The molecule has 0 aliphatic heterocycles. The summed E-state index contributed by atoms with van der Waals surface area (Å²) >= 11 is 1.72. The van der Waals surface area contributed by atoms with E-state index in [4.69, 9.17) is 6.42 Å². The fraction of sp³-hybridized carbons (Fsp3) is 0.400. The molecule has 66 valence electrons. The highest BCUT2D eigenvalue weighted by Crippen LogP contribution is 2.11. The first-order valence-corrected chi connectivity index (χ1v) is 4.96. The Kier molecular flexibility index (Phi) is 6.41. The molecule has 1 N–H and O–H groups in total. The third kappa shape index (κ3) is 4.15. The van der Waals surface area contributed by atoms with Crippen molar-refractivity contribution in [3.8, 4) is 12.3 Å². The van der Waals surface area contributed by atoms with E-state index in [0.717, 1.165) is 23.4 Å². The van der Waals surface area contributed by atoms with Crippen LogP contribution < -0.4 is 5.32 Å². The second kappa shape index (κ2) is 6.87. The summed E-state index contributed by atoms with van der Waals surface area (Å²) in [5.74, 6) is 3.69. The number of allylic oxidation sites excluding steroid dienone is 1. The number of nitrogens with one attached hydrogen (secondary N) is 1. The van der Waals surface area contributed by atoms with E-state index in [2.05, 4.69) is 24.7 Å². The van der Waals surface area contributed by atoms with Gasteiger partial charge in [0, 0.05) is 12.7 Å². The van der Waals surface area contributed by atoms with Crippen molar-refractivity contribution in [1.82, 2.24) is 5.32 Å². The molecule has 0 amide bonds. The summed E-state index contributed by atoms with van der Waals surface area (Å²) in [5, 5.41) is 4.90. The van der Waals surface area contributed by atoms with Gasteiger partial charge in [-0.25, -0.2) is 0 Å². The van der Waals surface area contributed by atoms with E-state index in [9.17, 15) is 0 Å². The van der Waals surface area contributed by atoms with Crippen LogP contribution >= 0.6 is 11.8 Å². The third-order valence-electron chi connectivity index (χ3n) is 1.31. The molecule has 0 aromatic heterocycles. The van der Waals surface area contributed by atoms with Crippen molar-refractivity contribution in [2.24, 2.45) is 0 Å². The summed E-state index contributed by atoms with van der Waals surface area (Å²) in [5.41, 5.74) is 1.65. The summed E-state index contributed by atoms with van der Waals surface area (Å²) in [6.45, 7) is 5.93. The van der Waals surface area contributed by atoms with Gasteiger partial charge < -0.3 is 5.32 Å². The smallest absolute Gasteiger partial charge is 0.0530 e. The molecule has 0 aromatic carbocycles. The molecule has 0 fully saturated rings. The van der Waals surface area contributed by atoms with Gasteiger partial charge in [-0.05, 0) is 17.6 Å². The highest BCUT2D eigenvalue weighted by Gasteiger charge is 1.94. The lowest BCUT2D eigenvalue weighted by atomic mass is 10.2. The Morgan fingerprint density at radius 2 is 2.42 bits per heavy atom. The first kappa shape index (κ1) is 11.2. The Bertz CT molecular complexity index is 210. The van der Waals surface area contributed by atoms with E-state index in [1.165, 1.54) is 0 Å². The summed E-state index contributed by atoms with van der Waals surface area (Å²) in [7, 11) is 1.82. The molecular formula is C10H15NS. The fourth-order valence-corrected chi connectivity index (χ4v) is 1.32. The molecule has 12 heavy (non-hydrogen) atoms. The van der Waals surface area contributed by atoms with Crippen LogP contribution in [-0.4, -0.2) is 12.8 Å². The summed E-state index contributed by atoms with van der Waals surface area (Å²) in [6, 6.07) is 0. The van der Waals surface area contributed by atoms with Gasteiger partial charge in [-0.3, -0.25) is 0 Å². The minimum atomic E-state index is 0.807. The lowest BCUT2D eigenvalue weighted by Gasteiger charge is -2.02. The first-order chi connectivity index (χ1) is 5.76. The molecule has 0 atom stereocenters. The second-order valence-electron chi connectivity index (χ2n) is 2.28. The summed E-state index contributed by atoms with van der Waals surface area (Å²) in [4.78, 5) is 0. The summed E-state index contributed by atoms with van der Waals surface area (Å²) in [6.07, 6.45) is 6.46. The maximum Gasteiger partial charge on any atom is 0.0530 e. The maximum absolute atomic E-state index is 5.30. The first-order valence-electron chi connectivity index (χ1n) is 3.91. The minimum Gasteiger partial charge on any atom is -0.388 e. The number of hydrogen-bond acceptors (Lipinski definition) is 2. The van der Waals surface area contributed by atoms with E-state index < -0.39 is 0 Å². The molecule has 0 aliphatic carbocycles. The maximum atomic E-state index is 5.30. The van der Waals surface area contributed by atoms with Crippen LogP contribution in [0.1, 0.15) is 13.3 Å². The van der Waals surface area contributed by atoms with Crippen LogP contribution in [0.15, 0.2) is 23.3 Å². The van der Waals surface area contributed by atoms with Gasteiger partial charge in [0.2, 0.25) is 0 Å². The predicted molar refractivity (Wildman–Crippen MR) is 57.9 cm³/mol. The van der Waals surface area contributed by atoms with Crippen molar-refractivity contribution in [3.63, 3.8) is 0 Å². The number of likely N-dealkylation sites (N-methyl/N-ethyl adjacent to an activating group) is 1. The molecule has 1 nitrogen and oxygen atoms in total. The quantitative estimate of drug-likeness (QED) is 0.397. The van der Waals surface area contributed by atoms with Crippen molar-refractivity contribution >= 4 is 11.8 Å². The normalized spacial score (nSPS) is 10.6. The van der Waals surface area contributed by atoms with Crippen molar-refractivity contribution in [2.75, 3.05) is 12.8 Å². The molecule has 0 aliphatic rings. The Hall–Kier alpha value is -0.810. The van der Waals surface area contributed by atoms with Gasteiger partial charge >= 0.3 is 0 Å². The molecule has 0 heterocycles. The summed E-state index contributed by atoms with van der Waals surface area (Å²) < 4.78 is 0. The van der Waals surface area contributed by atoms with Crippen molar-refractivity contribution < 1.29 is 0 Å². The predicted octanol–water partition coefficient (Wildman–Crippen LogP) is 2.38. The molecule has 0 unspecified atom stereocenters. The van der Waals surface area contributed by atoms with E-state index in [1.54, 1.807) is 11.8 Å². The molecule has 0 spiro atoms. The van der Waals surface area contributed by atoms with Crippen LogP contribution in [0.4, 0.5) is 0 Å². The largest absolute Gasteiger partial charge is 0.388 e. The lowest BCUT2D eigenvalue weighted by molar-refractivity contribution is 1.03. The molecule has 0 aromatic rings. The van der Waals surface area contributed by atoms with Gasteiger partial charge in [-0.15, -0.1) is 18.2 Å². The molecule has 0 rings (SSSR count). The lowest BCUT2D eigenvalue weighted by Crippen LogP contribution is -2.05. The van der Waals surface area contributed by atoms with Gasteiger partial charge in [-0.1, -0.05) is 19.4 Å². The molecule has 0 radical (unpaired) electrons. The average molecular weight is 181 g/mol. The molecule has 0 bridgehead atoms. The Morgan fingerprint density at radius 1 is 1.75 bits per heavy atom. The minimum absolute atomic E-state index is 0.807. The number of rotatable bonds is 5. The highest BCUT2D eigenvalue weighted by molar-refractivity contribution is 8.02. The average Bonchev–Trinajstić information content (AvgIpc) is 2.11. The van der Waals surface area contributed by atoms with E-state index in [0.29, 0.717) is 0 Å². The van der Waals surface area contributed by atoms with Crippen molar-refractivity contribution in [1.29, 1.82) is 0 Å². The zero-order chi connectivity index (χ0) is 9.40. The van der Waals surface area contributed by atoms with Gasteiger partial charge in [0.05, 0.1) is 5.57 Å². The number of hydrogen-bond donors (Lipinski definition) is 1. The van der Waals surface area contributed by atoms with Gasteiger partial charge in [0.25, 0.3) is 0 Å². The Labute approximate surface area is 79.3 Å². The van der Waals surface area contributed by atoms with Crippen molar-refractivity contribution in [3.05, 3.63) is 23.3 Å². The number of thioether (sulfide) groups is 1. The molecule has 0 saturated heterocycles. The Morgan fingerprint density at radius 3 is 2.83 bits per heavy atom. The van der Waals surface area contributed by atoms with Crippen LogP contribution in [0.25, 0.3) is 0 Å². The van der Waals surface area contributed by atoms with E-state index >= 15 is 0 Å².